The van der Waals surface area contributed by atoms with E-state index in [1.165, 1.54) is 0 Å². The Morgan fingerprint density at radius 3 is 2.80 bits per heavy atom. The third-order valence-electron chi connectivity index (χ3n) is 3.89. The van der Waals surface area contributed by atoms with E-state index in [1.54, 1.807) is 0 Å². The molecule has 1 aromatic heterocycles. The number of nitrogens with one attached hydrogen (secondary N) is 1. The highest BCUT2D eigenvalue weighted by molar-refractivity contribution is 5.60. The summed E-state index contributed by atoms with van der Waals surface area (Å²) in [5.41, 5.74) is 6.96. The van der Waals surface area contributed by atoms with E-state index in [1.807, 2.05) is 25.1 Å². The number of nitro groups is 1. The normalized spacial score (nSPS) is 14.9. The van der Waals surface area contributed by atoms with Crippen LogP contribution in [0.4, 0.5) is 23.1 Å². The highest BCUT2D eigenvalue weighted by Gasteiger charge is 2.17. The summed E-state index contributed by atoms with van der Waals surface area (Å²) in [4.78, 5) is 17.9. The first kappa shape index (κ1) is 16.9. The monoisotopic (exact) mass is 345 g/mol. The Balaban J connectivity index is 1.70. The van der Waals surface area contributed by atoms with E-state index in [2.05, 4.69) is 15.3 Å². The van der Waals surface area contributed by atoms with E-state index in [4.69, 9.17) is 15.2 Å². The number of ether oxygens (including phenoxy) is 2. The average Bonchev–Trinajstić information content (AvgIpc) is 2.58. The molecule has 1 fully saturated rings. The number of aromatic nitrogens is 2. The largest absolute Gasteiger partial charge is 0.490 e. The van der Waals surface area contributed by atoms with Crippen LogP contribution in [0.15, 0.2) is 24.4 Å². The lowest BCUT2D eigenvalue weighted by atomic mass is 10.1. The molecule has 0 unspecified atom stereocenters. The Bertz CT molecular complexity index is 777. The number of aryl methyl sites for hydroxylation is 1. The number of nitrogens with two attached hydrogens (primary N) is 1. The average molecular weight is 345 g/mol. The first-order valence-electron chi connectivity index (χ1n) is 7.92. The Morgan fingerprint density at radius 1 is 1.40 bits per heavy atom. The van der Waals surface area contributed by atoms with Gasteiger partial charge in [-0.3, -0.25) is 10.1 Å². The topological polar surface area (TPSA) is 125 Å². The standard InChI is InChI=1S/C16H19N5O4/c1-10-8-11(2-3-14(10)25-12-4-6-24-7-5-12)19-16-18-9-13(21(22)23)15(17)20-16/h2-3,8-9,12H,4-7H2,1H3,(H3,17,18,19,20). The molecule has 2 aromatic rings. The third kappa shape index (κ3) is 4.13. The van der Waals surface area contributed by atoms with Gasteiger partial charge in [-0.25, -0.2) is 4.98 Å². The molecule has 2 heterocycles. The smallest absolute Gasteiger partial charge is 0.329 e. The lowest BCUT2D eigenvalue weighted by Gasteiger charge is -2.24. The second-order valence-corrected chi connectivity index (χ2v) is 5.76. The van der Waals surface area contributed by atoms with E-state index >= 15 is 0 Å². The fraction of sp³-hybridized carbons (Fsp3) is 0.375. The van der Waals surface area contributed by atoms with Gasteiger partial charge < -0.3 is 20.5 Å². The fourth-order valence-electron chi connectivity index (χ4n) is 2.55. The SMILES string of the molecule is Cc1cc(Nc2ncc([N+](=O)[O-])c(N)n2)ccc1OC1CCOCC1. The quantitative estimate of drug-likeness (QED) is 0.625. The van der Waals surface area contributed by atoms with Gasteiger partial charge in [0.2, 0.25) is 11.8 Å². The van der Waals surface area contributed by atoms with Gasteiger partial charge in [-0.05, 0) is 30.7 Å². The van der Waals surface area contributed by atoms with Crippen LogP contribution < -0.4 is 15.8 Å². The van der Waals surface area contributed by atoms with Crippen molar-refractivity contribution >= 4 is 23.1 Å². The number of anilines is 3. The van der Waals surface area contributed by atoms with E-state index in [-0.39, 0.29) is 23.6 Å². The van der Waals surface area contributed by atoms with Crippen LogP contribution in [0.5, 0.6) is 5.75 Å². The summed E-state index contributed by atoms with van der Waals surface area (Å²) >= 11 is 0. The predicted molar refractivity (Wildman–Crippen MR) is 92.0 cm³/mol. The molecule has 9 heteroatoms. The Labute approximate surface area is 144 Å². The van der Waals surface area contributed by atoms with Crippen LogP contribution in [0.1, 0.15) is 18.4 Å². The molecule has 0 spiro atoms. The maximum Gasteiger partial charge on any atom is 0.329 e. The molecule has 9 nitrogen and oxygen atoms in total. The minimum atomic E-state index is -0.619. The van der Waals surface area contributed by atoms with Crippen molar-refractivity contribution in [2.45, 2.75) is 25.9 Å². The zero-order valence-corrected chi connectivity index (χ0v) is 13.8. The zero-order chi connectivity index (χ0) is 17.8. The minimum absolute atomic E-state index is 0.170. The predicted octanol–water partition coefficient (Wildman–Crippen LogP) is 2.58. The second-order valence-electron chi connectivity index (χ2n) is 5.76. The summed E-state index contributed by atoms with van der Waals surface area (Å²) in [6.07, 6.45) is 3.02. The molecule has 0 saturated carbocycles. The molecule has 0 amide bonds. The second kappa shape index (κ2) is 7.31. The van der Waals surface area contributed by atoms with Crippen LogP contribution in [0, 0.1) is 17.0 Å². The molecule has 3 N–H and O–H groups in total. The van der Waals surface area contributed by atoms with E-state index < -0.39 is 4.92 Å². The molecular weight excluding hydrogens is 326 g/mol. The first-order valence-corrected chi connectivity index (χ1v) is 7.92. The lowest BCUT2D eigenvalue weighted by molar-refractivity contribution is -0.384. The van der Waals surface area contributed by atoms with Gasteiger partial charge in [-0.2, -0.15) is 4.98 Å². The number of hydrogen-bond acceptors (Lipinski definition) is 8. The molecule has 1 aliphatic rings. The molecule has 1 aromatic carbocycles. The summed E-state index contributed by atoms with van der Waals surface area (Å²) in [5.74, 6) is 0.834. The molecule has 3 rings (SSSR count). The summed E-state index contributed by atoms with van der Waals surface area (Å²) in [7, 11) is 0. The van der Waals surface area contributed by atoms with Crippen molar-refractivity contribution in [3.8, 4) is 5.75 Å². The van der Waals surface area contributed by atoms with E-state index in [9.17, 15) is 10.1 Å². The maximum absolute atomic E-state index is 10.7. The van der Waals surface area contributed by atoms with Gasteiger partial charge in [0.1, 0.15) is 18.1 Å². The van der Waals surface area contributed by atoms with Crippen molar-refractivity contribution in [1.29, 1.82) is 0 Å². The van der Waals surface area contributed by atoms with Gasteiger partial charge in [-0.1, -0.05) is 0 Å². The van der Waals surface area contributed by atoms with Crippen LogP contribution in [0.25, 0.3) is 0 Å². The van der Waals surface area contributed by atoms with E-state index in [0.717, 1.165) is 49.3 Å². The molecule has 25 heavy (non-hydrogen) atoms. The van der Waals surface area contributed by atoms with Crippen molar-refractivity contribution in [1.82, 2.24) is 9.97 Å². The van der Waals surface area contributed by atoms with Gasteiger partial charge in [0.15, 0.2) is 0 Å². The number of nitrogen functional groups attached to an aromatic ring is 1. The van der Waals surface area contributed by atoms with Gasteiger partial charge >= 0.3 is 5.69 Å². The van der Waals surface area contributed by atoms with Crippen molar-refractivity contribution in [3.05, 3.63) is 40.1 Å². The lowest BCUT2D eigenvalue weighted by Crippen LogP contribution is -2.26. The van der Waals surface area contributed by atoms with Crippen LogP contribution >= 0.6 is 0 Å². The molecule has 0 aliphatic carbocycles. The Morgan fingerprint density at radius 2 is 2.16 bits per heavy atom. The maximum atomic E-state index is 10.7. The van der Waals surface area contributed by atoms with Gasteiger partial charge in [0.05, 0.1) is 18.1 Å². The number of rotatable bonds is 5. The van der Waals surface area contributed by atoms with Crippen LogP contribution in [-0.4, -0.2) is 34.2 Å². The number of hydrogen-bond donors (Lipinski definition) is 2. The summed E-state index contributed by atoms with van der Waals surface area (Å²) in [5, 5.41) is 13.7. The molecule has 1 aliphatic heterocycles. The molecule has 0 atom stereocenters. The molecule has 0 radical (unpaired) electrons. The molecule has 0 bridgehead atoms. The zero-order valence-electron chi connectivity index (χ0n) is 13.8. The first-order chi connectivity index (χ1) is 12.0. The highest BCUT2D eigenvalue weighted by Crippen LogP contribution is 2.27. The third-order valence-corrected chi connectivity index (χ3v) is 3.89. The van der Waals surface area contributed by atoms with Crippen molar-refractivity contribution in [2.24, 2.45) is 0 Å². The van der Waals surface area contributed by atoms with Crippen LogP contribution in [0.3, 0.4) is 0 Å². The Hall–Kier alpha value is -2.94. The van der Waals surface area contributed by atoms with Crippen molar-refractivity contribution in [3.63, 3.8) is 0 Å². The summed E-state index contributed by atoms with van der Waals surface area (Å²) in [6, 6.07) is 5.61. The van der Waals surface area contributed by atoms with Crippen molar-refractivity contribution < 1.29 is 14.4 Å². The summed E-state index contributed by atoms with van der Waals surface area (Å²) < 4.78 is 11.3. The van der Waals surface area contributed by atoms with Gasteiger partial charge in [0.25, 0.3) is 0 Å². The van der Waals surface area contributed by atoms with Crippen LogP contribution in [0.2, 0.25) is 0 Å². The number of nitrogens with zero attached hydrogens (tertiary/aromatic N) is 3. The van der Waals surface area contributed by atoms with E-state index in [0.29, 0.717) is 0 Å². The van der Waals surface area contributed by atoms with Crippen molar-refractivity contribution in [2.75, 3.05) is 24.3 Å². The fourth-order valence-corrected chi connectivity index (χ4v) is 2.55. The Kier molecular flexibility index (Phi) is 4.94. The van der Waals surface area contributed by atoms with Gasteiger partial charge in [-0.15, -0.1) is 0 Å². The molecule has 1 saturated heterocycles. The number of benzene rings is 1. The highest BCUT2D eigenvalue weighted by atomic mass is 16.6. The molecule has 132 valence electrons. The van der Waals surface area contributed by atoms with Gasteiger partial charge in [0, 0.05) is 18.5 Å². The van der Waals surface area contributed by atoms with Crippen LogP contribution in [-0.2, 0) is 4.74 Å². The molecular formula is C16H19N5O4. The summed E-state index contributed by atoms with van der Waals surface area (Å²) in [6.45, 7) is 3.40. The minimum Gasteiger partial charge on any atom is -0.490 e.